The summed E-state index contributed by atoms with van der Waals surface area (Å²) in [6.07, 6.45) is 4.64. The van der Waals surface area contributed by atoms with Gasteiger partial charge in [-0.25, -0.2) is 0 Å². The third kappa shape index (κ3) is 2.89. The molecule has 82 valence electrons. The summed E-state index contributed by atoms with van der Waals surface area (Å²) in [6, 6.07) is 0. The Hall–Kier alpha value is -0.220. The van der Waals surface area contributed by atoms with Crippen LogP contribution in [0, 0.1) is 5.41 Å². The molecular weight excluding hydrogens is 198 g/mol. The molecule has 0 aromatic carbocycles. The fraction of sp³-hybridized carbons (Fsp3) is 0.900. The molecule has 0 bridgehead atoms. The number of hydrogen-bond acceptors (Lipinski definition) is 3. The van der Waals surface area contributed by atoms with E-state index in [0.717, 1.165) is 6.54 Å². The van der Waals surface area contributed by atoms with E-state index in [1.165, 1.54) is 12.8 Å². The Labute approximate surface area is 89.6 Å². The maximum atomic E-state index is 10.8. The standard InChI is InChI=1S/C10H19NO2S/c1-9(2,8(12)13)6-11-7-10(14-3)4-5-10/h11H,4-7H2,1-3H3,(H,12,13). The molecule has 4 heteroatoms. The smallest absolute Gasteiger partial charge is 0.310 e. The van der Waals surface area contributed by atoms with Crippen LogP contribution in [0.3, 0.4) is 0 Å². The summed E-state index contributed by atoms with van der Waals surface area (Å²) in [5, 5.41) is 12.2. The quantitative estimate of drug-likeness (QED) is 0.709. The van der Waals surface area contributed by atoms with E-state index in [2.05, 4.69) is 11.6 Å². The lowest BCUT2D eigenvalue weighted by Gasteiger charge is -2.21. The van der Waals surface area contributed by atoms with Gasteiger partial charge in [-0.2, -0.15) is 11.8 Å². The molecule has 0 heterocycles. The number of aliphatic carboxylic acids is 1. The molecule has 1 aliphatic rings. The van der Waals surface area contributed by atoms with E-state index in [4.69, 9.17) is 5.11 Å². The van der Waals surface area contributed by atoms with Gasteiger partial charge in [-0.3, -0.25) is 4.79 Å². The van der Waals surface area contributed by atoms with Crippen molar-refractivity contribution in [3.8, 4) is 0 Å². The molecule has 0 saturated heterocycles. The van der Waals surface area contributed by atoms with Gasteiger partial charge in [0, 0.05) is 17.8 Å². The van der Waals surface area contributed by atoms with Gasteiger partial charge in [0.15, 0.2) is 0 Å². The molecule has 14 heavy (non-hydrogen) atoms. The number of carbonyl (C=O) groups is 1. The predicted octanol–water partition coefficient (Wildman–Crippen LogP) is 1.58. The fourth-order valence-corrected chi connectivity index (χ4v) is 2.03. The summed E-state index contributed by atoms with van der Waals surface area (Å²) in [5.41, 5.74) is -0.658. The van der Waals surface area contributed by atoms with Crippen LogP contribution < -0.4 is 5.32 Å². The predicted molar refractivity (Wildman–Crippen MR) is 59.8 cm³/mol. The van der Waals surface area contributed by atoms with Gasteiger partial charge >= 0.3 is 5.97 Å². The van der Waals surface area contributed by atoms with Crippen molar-refractivity contribution in [3.63, 3.8) is 0 Å². The highest BCUT2D eigenvalue weighted by atomic mass is 32.2. The molecule has 0 unspecified atom stereocenters. The average Bonchev–Trinajstić information content (AvgIpc) is 2.85. The van der Waals surface area contributed by atoms with Gasteiger partial charge < -0.3 is 10.4 Å². The fourth-order valence-electron chi connectivity index (χ4n) is 1.27. The first-order chi connectivity index (χ1) is 6.42. The highest BCUT2D eigenvalue weighted by Gasteiger charge is 2.41. The molecule has 0 aromatic heterocycles. The Kier molecular flexibility index (Phi) is 3.48. The summed E-state index contributed by atoms with van der Waals surface area (Å²) in [4.78, 5) is 10.8. The molecule has 0 aromatic rings. The number of carboxylic acids is 1. The van der Waals surface area contributed by atoms with Gasteiger partial charge in [0.05, 0.1) is 5.41 Å². The topological polar surface area (TPSA) is 49.3 Å². The number of rotatable bonds is 6. The lowest BCUT2D eigenvalue weighted by atomic mass is 9.94. The molecule has 0 radical (unpaired) electrons. The van der Waals surface area contributed by atoms with Crippen molar-refractivity contribution in [2.45, 2.75) is 31.4 Å². The average molecular weight is 217 g/mol. The van der Waals surface area contributed by atoms with Crippen LogP contribution in [0.4, 0.5) is 0 Å². The van der Waals surface area contributed by atoms with Crippen molar-refractivity contribution < 1.29 is 9.90 Å². The minimum atomic E-state index is -0.737. The molecule has 1 saturated carbocycles. The van der Waals surface area contributed by atoms with Crippen molar-refractivity contribution >= 4 is 17.7 Å². The summed E-state index contributed by atoms with van der Waals surface area (Å²) < 4.78 is 0.411. The van der Waals surface area contributed by atoms with Crippen LogP contribution in [0.5, 0.6) is 0 Å². The molecule has 0 amide bonds. The zero-order chi connectivity index (χ0) is 10.8. The Morgan fingerprint density at radius 2 is 2.14 bits per heavy atom. The molecular formula is C10H19NO2S. The SMILES string of the molecule is CSC1(CNCC(C)(C)C(=O)O)CC1. The van der Waals surface area contributed by atoms with E-state index >= 15 is 0 Å². The summed E-state index contributed by atoms with van der Waals surface area (Å²) in [7, 11) is 0. The lowest BCUT2D eigenvalue weighted by Crippen LogP contribution is -2.39. The van der Waals surface area contributed by atoms with Crippen molar-refractivity contribution in [3.05, 3.63) is 0 Å². The lowest BCUT2D eigenvalue weighted by molar-refractivity contribution is -0.146. The van der Waals surface area contributed by atoms with E-state index in [-0.39, 0.29) is 0 Å². The second-order valence-electron chi connectivity index (χ2n) is 4.68. The van der Waals surface area contributed by atoms with Gasteiger partial charge in [-0.1, -0.05) is 0 Å². The van der Waals surface area contributed by atoms with Gasteiger partial charge in [0.1, 0.15) is 0 Å². The summed E-state index contributed by atoms with van der Waals surface area (Å²) in [5.74, 6) is -0.737. The van der Waals surface area contributed by atoms with Crippen LogP contribution in [-0.4, -0.2) is 35.2 Å². The molecule has 1 rings (SSSR count). The van der Waals surface area contributed by atoms with E-state index in [9.17, 15) is 4.79 Å². The zero-order valence-corrected chi connectivity index (χ0v) is 9.91. The van der Waals surface area contributed by atoms with Crippen LogP contribution in [0.2, 0.25) is 0 Å². The van der Waals surface area contributed by atoms with Crippen LogP contribution in [-0.2, 0) is 4.79 Å². The Balaban J connectivity index is 2.24. The first kappa shape index (κ1) is 11.9. The van der Waals surface area contributed by atoms with Gasteiger partial charge in [-0.05, 0) is 32.9 Å². The number of hydrogen-bond donors (Lipinski definition) is 2. The van der Waals surface area contributed by atoms with Crippen LogP contribution in [0.15, 0.2) is 0 Å². The zero-order valence-electron chi connectivity index (χ0n) is 9.09. The number of nitrogens with one attached hydrogen (secondary N) is 1. The maximum Gasteiger partial charge on any atom is 0.310 e. The van der Waals surface area contributed by atoms with Crippen LogP contribution in [0.25, 0.3) is 0 Å². The van der Waals surface area contributed by atoms with E-state index < -0.39 is 11.4 Å². The largest absolute Gasteiger partial charge is 0.481 e. The molecule has 1 aliphatic carbocycles. The van der Waals surface area contributed by atoms with Crippen molar-refractivity contribution in [1.29, 1.82) is 0 Å². The Bertz CT molecular complexity index is 224. The van der Waals surface area contributed by atoms with Crippen LogP contribution >= 0.6 is 11.8 Å². The molecule has 0 aliphatic heterocycles. The second kappa shape index (κ2) is 4.11. The minimum absolute atomic E-state index is 0.411. The summed E-state index contributed by atoms with van der Waals surface area (Å²) in [6.45, 7) is 4.98. The van der Waals surface area contributed by atoms with Crippen molar-refractivity contribution in [1.82, 2.24) is 5.32 Å². The normalized spacial score (nSPS) is 19.4. The molecule has 2 N–H and O–H groups in total. The third-order valence-corrected chi connectivity index (χ3v) is 4.25. The first-order valence-electron chi connectivity index (χ1n) is 4.91. The van der Waals surface area contributed by atoms with E-state index in [0.29, 0.717) is 11.3 Å². The highest BCUT2D eigenvalue weighted by Crippen LogP contribution is 2.46. The minimum Gasteiger partial charge on any atom is -0.481 e. The Morgan fingerprint density at radius 1 is 1.57 bits per heavy atom. The van der Waals surface area contributed by atoms with E-state index in [1.807, 2.05) is 11.8 Å². The summed E-state index contributed by atoms with van der Waals surface area (Å²) >= 11 is 1.89. The molecule has 3 nitrogen and oxygen atoms in total. The van der Waals surface area contributed by atoms with E-state index in [1.54, 1.807) is 13.8 Å². The second-order valence-corrected chi connectivity index (χ2v) is 5.95. The van der Waals surface area contributed by atoms with Gasteiger partial charge in [0.2, 0.25) is 0 Å². The van der Waals surface area contributed by atoms with Crippen molar-refractivity contribution in [2.24, 2.45) is 5.41 Å². The monoisotopic (exact) mass is 217 g/mol. The van der Waals surface area contributed by atoms with Gasteiger partial charge in [0.25, 0.3) is 0 Å². The molecule has 0 atom stereocenters. The first-order valence-corrected chi connectivity index (χ1v) is 6.14. The third-order valence-electron chi connectivity index (χ3n) is 2.83. The highest BCUT2D eigenvalue weighted by molar-refractivity contribution is 8.00. The Morgan fingerprint density at radius 3 is 2.50 bits per heavy atom. The molecule has 0 spiro atoms. The van der Waals surface area contributed by atoms with Crippen LogP contribution in [0.1, 0.15) is 26.7 Å². The van der Waals surface area contributed by atoms with Crippen molar-refractivity contribution in [2.75, 3.05) is 19.3 Å². The number of carboxylic acid groups (broad SMARTS) is 1. The van der Waals surface area contributed by atoms with Gasteiger partial charge in [-0.15, -0.1) is 0 Å². The maximum absolute atomic E-state index is 10.8. The molecule has 1 fully saturated rings. The number of thioether (sulfide) groups is 1.